The number of nitrogens with two attached hydrogens (primary N) is 1. The fourth-order valence-electron chi connectivity index (χ4n) is 1.08. The highest BCUT2D eigenvalue weighted by Gasteiger charge is 2.12. The molecule has 6 heteroatoms. The van der Waals surface area contributed by atoms with Crippen molar-refractivity contribution >= 4 is 34.1 Å². The van der Waals surface area contributed by atoms with Gasteiger partial charge in [-0.05, 0) is 29.7 Å². The van der Waals surface area contributed by atoms with Gasteiger partial charge in [-0.2, -0.15) is 4.37 Å². The van der Waals surface area contributed by atoms with Gasteiger partial charge in [0.1, 0.15) is 10.8 Å². The number of nitrogens with zero attached hydrogens (tertiary/aromatic N) is 1. The van der Waals surface area contributed by atoms with Gasteiger partial charge in [0.15, 0.2) is 5.69 Å². The van der Waals surface area contributed by atoms with Crippen molar-refractivity contribution in [2.45, 2.75) is 0 Å². The number of carbonyl (C=O) groups is 1. The second-order valence-electron chi connectivity index (χ2n) is 2.96. The predicted molar refractivity (Wildman–Crippen MR) is 62.9 cm³/mol. The molecule has 82 valence electrons. The lowest BCUT2D eigenvalue weighted by Gasteiger charge is -2.01. The van der Waals surface area contributed by atoms with Gasteiger partial charge in [-0.1, -0.05) is 17.7 Å². The van der Waals surface area contributed by atoms with Crippen molar-refractivity contribution in [1.82, 2.24) is 4.37 Å². The number of halogens is 1. The Labute approximate surface area is 101 Å². The molecule has 0 unspecified atom stereocenters. The number of hydrogen-bond acceptors (Lipinski definition) is 5. The maximum atomic E-state index is 11.6. The van der Waals surface area contributed by atoms with E-state index in [1.807, 2.05) is 0 Å². The Morgan fingerprint density at radius 3 is 2.88 bits per heavy atom. The van der Waals surface area contributed by atoms with Crippen LogP contribution in [0.15, 0.2) is 30.3 Å². The number of benzene rings is 1. The summed E-state index contributed by atoms with van der Waals surface area (Å²) in [6.45, 7) is 0. The third-order valence-electron chi connectivity index (χ3n) is 1.74. The zero-order valence-electron chi connectivity index (χ0n) is 8.01. The number of esters is 1. The first-order valence-corrected chi connectivity index (χ1v) is 5.50. The highest BCUT2D eigenvalue weighted by molar-refractivity contribution is 7.10. The average molecular weight is 255 g/mol. The van der Waals surface area contributed by atoms with Gasteiger partial charge in [-0.25, -0.2) is 4.79 Å². The fourth-order valence-corrected chi connectivity index (χ4v) is 1.75. The van der Waals surface area contributed by atoms with Gasteiger partial charge in [0, 0.05) is 11.1 Å². The Hall–Kier alpha value is -1.59. The maximum absolute atomic E-state index is 11.6. The SMILES string of the molecule is Nc1cc(C(=O)Oc2cccc(Cl)c2)ns1. The summed E-state index contributed by atoms with van der Waals surface area (Å²) in [5.74, 6) is -0.167. The Balaban J connectivity index is 2.13. The van der Waals surface area contributed by atoms with Crippen LogP contribution in [-0.2, 0) is 0 Å². The van der Waals surface area contributed by atoms with Gasteiger partial charge in [0.25, 0.3) is 0 Å². The Bertz CT molecular complexity index is 527. The van der Waals surface area contributed by atoms with Crippen LogP contribution in [-0.4, -0.2) is 10.3 Å². The number of aromatic nitrogens is 1. The predicted octanol–water partition coefficient (Wildman–Crippen LogP) is 2.60. The van der Waals surface area contributed by atoms with Gasteiger partial charge in [0.2, 0.25) is 0 Å². The topological polar surface area (TPSA) is 65.2 Å². The normalized spacial score (nSPS) is 10.1. The number of ether oxygens (including phenoxy) is 1. The molecule has 0 aliphatic carbocycles. The van der Waals surface area contributed by atoms with E-state index in [1.165, 1.54) is 6.07 Å². The summed E-state index contributed by atoms with van der Waals surface area (Å²) in [5.41, 5.74) is 5.66. The number of rotatable bonds is 2. The summed E-state index contributed by atoms with van der Waals surface area (Å²) in [4.78, 5) is 11.6. The molecule has 1 aromatic carbocycles. The van der Waals surface area contributed by atoms with Gasteiger partial charge >= 0.3 is 5.97 Å². The number of hydrogen-bond donors (Lipinski definition) is 1. The molecule has 0 aliphatic heterocycles. The zero-order chi connectivity index (χ0) is 11.5. The van der Waals surface area contributed by atoms with Crippen LogP contribution in [0, 0.1) is 0 Å². The van der Waals surface area contributed by atoms with E-state index in [4.69, 9.17) is 22.1 Å². The molecule has 0 spiro atoms. The second kappa shape index (κ2) is 4.51. The Morgan fingerprint density at radius 1 is 1.44 bits per heavy atom. The fraction of sp³-hybridized carbons (Fsp3) is 0. The lowest BCUT2D eigenvalue weighted by atomic mass is 10.3. The molecule has 0 fully saturated rings. The molecule has 2 aromatic rings. The van der Waals surface area contributed by atoms with E-state index in [-0.39, 0.29) is 5.69 Å². The highest BCUT2D eigenvalue weighted by Crippen LogP contribution is 2.19. The van der Waals surface area contributed by atoms with Crippen LogP contribution in [0.2, 0.25) is 5.02 Å². The van der Waals surface area contributed by atoms with E-state index in [9.17, 15) is 4.79 Å². The zero-order valence-corrected chi connectivity index (χ0v) is 9.59. The standard InChI is InChI=1S/C10H7ClN2O2S/c11-6-2-1-3-7(4-6)15-10(14)8-5-9(12)16-13-8/h1-5H,12H2. The van der Waals surface area contributed by atoms with Crippen molar-refractivity contribution < 1.29 is 9.53 Å². The maximum Gasteiger partial charge on any atom is 0.363 e. The molecule has 0 radical (unpaired) electrons. The minimum absolute atomic E-state index is 0.197. The van der Waals surface area contributed by atoms with Crippen LogP contribution in [0.25, 0.3) is 0 Å². The van der Waals surface area contributed by atoms with Gasteiger partial charge in [0.05, 0.1) is 0 Å². The summed E-state index contributed by atoms with van der Waals surface area (Å²) in [5, 5.41) is 0.973. The van der Waals surface area contributed by atoms with Gasteiger partial charge < -0.3 is 10.5 Å². The van der Waals surface area contributed by atoms with Gasteiger partial charge in [-0.15, -0.1) is 0 Å². The van der Waals surface area contributed by atoms with Crippen LogP contribution >= 0.6 is 23.1 Å². The molecule has 0 atom stereocenters. The minimum atomic E-state index is -0.546. The lowest BCUT2D eigenvalue weighted by Crippen LogP contribution is -2.08. The summed E-state index contributed by atoms with van der Waals surface area (Å²) in [7, 11) is 0. The molecule has 16 heavy (non-hydrogen) atoms. The Morgan fingerprint density at radius 2 is 2.25 bits per heavy atom. The average Bonchev–Trinajstić information content (AvgIpc) is 2.65. The largest absolute Gasteiger partial charge is 0.422 e. The molecule has 0 saturated carbocycles. The molecule has 0 aliphatic rings. The van der Waals surface area contributed by atoms with E-state index in [2.05, 4.69) is 4.37 Å². The van der Waals surface area contributed by atoms with Crippen LogP contribution in [0.5, 0.6) is 5.75 Å². The van der Waals surface area contributed by atoms with E-state index in [1.54, 1.807) is 24.3 Å². The van der Waals surface area contributed by atoms with E-state index < -0.39 is 5.97 Å². The lowest BCUT2D eigenvalue weighted by molar-refractivity contribution is 0.0730. The van der Waals surface area contributed by atoms with E-state index in [0.717, 1.165) is 11.5 Å². The molecule has 1 heterocycles. The third kappa shape index (κ3) is 2.50. The summed E-state index contributed by atoms with van der Waals surface area (Å²) in [6, 6.07) is 8.05. The van der Waals surface area contributed by atoms with Crippen molar-refractivity contribution in [2.24, 2.45) is 0 Å². The number of carbonyl (C=O) groups excluding carboxylic acids is 1. The molecule has 4 nitrogen and oxygen atoms in total. The molecule has 0 bridgehead atoms. The molecule has 2 rings (SSSR count). The van der Waals surface area contributed by atoms with Crippen molar-refractivity contribution in [3.63, 3.8) is 0 Å². The first-order chi connectivity index (χ1) is 7.65. The summed E-state index contributed by atoms with van der Waals surface area (Å²) >= 11 is 6.80. The van der Waals surface area contributed by atoms with Crippen LogP contribution < -0.4 is 10.5 Å². The van der Waals surface area contributed by atoms with E-state index in [0.29, 0.717) is 15.8 Å². The van der Waals surface area contributed by atoms with Crippen molar-refractivity contribution in [2.75, 3.05) is 5.73 Å². The molecule has 0 saturated heterocycles. The number of anilines is 1. The number of nitrogen functional groups attached to an aromatic ring is 1. The third-order valence-corrected chi connectivity index (χ3v) is 2.60. The summed E-state index contributed by atoms with van der Waals surface area (Å²) in [6.07, 6.45) is 0. The molecular weight excluding hydrogens is 248 g/mol. The Kier molecular flexibility index (Phi) is 3.07. The summed E-state index contributed by atoms with van der Waals surface area (Å²) < 4.78 is 8.90. The van der Waals surface area contributed by atoms with Gasteiger partial charge in [-0.3, -0.25) is 0 Å². The van der Waals surface area contributed by atoms with Crippen molar-refractivity contribution in [1.29, 1.82) is 0 Å². The second-order valence-corrected chi connectivity index (χ2v) is 4.23. The first kappa shape index (κ1) is 10.9. The van der Waals surface area contributed by atoms with Crippen LogP contribution in [0.4, 0.5) is 5.00 Å². The highest BCUT2D eigenvalue weighted by atomic mass is 35.5. The van der Waals surface area contributed by atoms with Crippen LogP contribution in [0.3, 0.4) is 0 Å². The quantitative estimate of drug-likeness (QED) is 0.661. The van der Waals surface area contributed by atoms with Crippen LogP contribution in [0.1, 0.15) is 10.5 Å². The molecule has 2 N–H and O–H groups in total. The smallest absolute Gasteiger partial charge is 0.363 e. The first-order valence-electron chi connectivity index (χ1n) is 4.35. The molecule has 1 aromatic heterocycles. The molecular formula is C10H7ClN2O2S. The van der Waals surface area contributed by atoms with Crippen molar-refractivity contribution in [3.05, 3.63) is 41.0 Å². The molecule has 0 amide bonds. The van der Waals surface area contributed by atoms with E-state index >= 15 is 0 Å². The van der Waals surface area contributed by atoms with Crippen molar-refractivity contribution in [3.8, 4) is 5.75 Å². The minimum Gasteiger partial charge on any atom is -0.422 e. The monoisotopic (exact) mass is 254 g/mol.